The van der Waals surface area contributed by atoms with Gasteiger partial charge in [0.1, 0.15) is 5.00 Å². The molecule has 25 heavy (non-hydrogen) atoms. The number of nitrogens with one attached hydrogen (secondary N) is 2. The highest BCUT2D eigenvalue weighted by Crippen LogP contribution is 2.23. The molecule has 0 atom stereocenters. The molecule has 1 aromatic heterocycles. The fraction of sp³-hybridized carbons (Fsp3) is 0.294. The lowest BCUT2D eigenvalue weighted by Gasteiger charge is -2.07. The Morgan fingerprint density at radius 1 is 1.12 bits per heavy atom. The molecule has 0 aliphatic rings. The summed E-state index contributed by atoms with van der Waals surface area (Å²) < 4.78 is 24.2. The number of thiophene rings is 1. The normalized spacial score (nSPS) is 11.1. The molecular formula is C17H20N2O4S2. The van der Waals surface area contributed by atoms with Gasteiger partial charge in [-0.25, -0.2) is 8.42 Å². The Labute approximate surface area is 151 Å². The maximum Gasteiger partial charge on any atom is 0.254 e. The van der Waals surface area contributed by atoms with E-state index in [1.807, 2.05) is 6.07 Å². The van der Waals surface area contributed by atoms with Gasteiger partial charge in [-0.05, 0) is 23.4 Å². The van der Waals surface area contributed by atoms with Crippen molar-refractivity contribution in [3.63, 3.8) is 0 Å². The quantitative estimate of drug-likeness (QED) is 0.736. The van der Waals surface area contributed by atoms with E-state index in [0.29, 0.717) is 10.6 Å². The first-order valence-corrected chi connectivity index (χ1v) is 10.4. The highest BCUT2D eigenvalue weighted by atomic mass is 32.2. The van der Waals surface area contributed by atoms with Gasteiger partial charge in [0.15, 0.2) is 9.84 Å². The number of rotatable bonds is 8. The van der Waals surface area contributed by atoms with Crippen LogP contribution in [0, 0.1) is 0 Å². The second-order valence-corrected chi connectivity index (χ2v) is 8.57. The predicted octanol–water partition coefficient (Wildman–Crippen LogP) is 2.44. The van der Waals surface area contributed by atoms with E-state index in [-0.39, 0.29) is 36.2 Å². The number of carbonyl (C=O) groups excluding carboxylic acids is 2. The van der Waals surface area contributed by atoms with Crippen molar-refractivity contribution in [2.75, 3.05) is 18.1 Å². The second-order valence-electron chi connectivity index (χ2n) is 5.47. The van der Waals surface area contributed by atoms with Crippen molar-refractivity contribution in [3.8, 4) is 0 Å². The summed E-state index contributed by atoms with van der Waals surface area (Å²) >= 11 is 1.25. The van der Waals surface area contributed by atoms with Gasteiger partial charge in [0.05, 0.1) is 17.1 Å². The van der Waals surface area contributed by atoms with Gasteiger partial charge >= 0.3 is 0 Å². The third-order valence-corrected chi connectivity index (χ3v) is 5.99. The van der Waals surface area contributed by atoms with Crippen molar-refractivity contribution in [2.45, 2.75) is 18.6 Å². The second kappa shape index (κ2) is 8.77. The minimum absolute atomic E-state index is 0.0266. The van der Waals surface area contributed by atoms with Crippen LogP contribution in [0.2, 0.25) is 0 Å². The minimum Gasteiger partial charge on any atom is -0.355 e. The van der Waals surface area contributed by atoms with Crippen molar-refractivity contribution in [3.05, 3.63) is 52.9 Å². The van der Waals surface area contributed by atoms with Crippen LogP contribution in [-0.2, 0) is 20.4 Å². The van der Waals surface area contributed by atoms with Crippen LogP contribution in [0.1, 0.15) is 28.8 Å². The number of amides is 2. The summed E-state index contributed by atoms with van der Waals surface area (Å²) in [4.78, 5) is 23.6. The van der Waals surface area contributed by atoms with Crippen molar-refractivity contribution >= 4 is 38.0 Å². The van der Waals surface area contributed by atoms with Crippen molar-refractivity contribution in [2.24, 2.45) is 0 Å². The molecule has 2 aromatic rings. The van der Waals surface area contributed by atoms with E-state index in [4.69, 9.17) is 0 Å². The number of sulfone groups is 1. The van der Waals surface area contributed by atoms with Gasteiger partial charge in [0.25, 0.3) is 5.91 Å². The molecule has 0 aliphatic carbocycles. The number of carbonyl (C=O) groups is 2. The van der Waals surface area contributed by atoms with Gasteiger partial charge < -0.3 is 10.6 Å². The van der Waals surface area contributed by atoms with Gasteiger partial charge in [-0.15, -0.1) is 11.3 Å². The third-order valence-electron chi connectivity index (χ3n) is 3.48. The van der Waals surface area contributed by atoms with E-state index in [0.717, 1.165) is 5.56 Å². The number of benzene rings is 1. The maximum absolute atomic E-state index is 12.1. The Hall–Kier alpha value is -2.19. The van der Waals surface area contributed by atoms with E-state index in [1.165, 1.54) is 18.4 Å². The van der Waals surface area contributed by atoms with Crippen LogP contribution in [0.3, 0.4) is 0 Å². The average molecular weight is 380 g/mol. The Bertz CT molecular complexity index is 829. The Morgan fingerprint density at radius 2 is 1.84 bits per heavy atom. The third kappa shape index (κ3) is 5.99. The Balaban J connectivity index is 1.82. The van der Waals surface area contributed by atoms with Crippen molar-refractivity contribution in [1.29, 1.82) is 0 Å². The zero-order valence-corrected chi connectivity index (χ0v) is 15.5. The van der Waals surface area contributed by atoms with Crippen molar-refractivity contribution in [1.82, 2.24) is 5.32 Å². The lowest BCUT2D eigenvalue weighted by Crippen LogP contribution is -2.20. The van der Waals surface area contributed by atoms with Crippen LogP contribution < -0.4 is 10.6 Å². The summed E-state index contributed by atoms with van der Waals surface area (Å²) in [5, 5.41) is 7.35. The standard InChI is InChI=1S/C17H20N2O4S2/c1-18-16(21)14-9-10-24-17(14)19-15(20)8-5-11-25(22,23)12-13-6-3-2-4-7-13/h2-4,6-7,9-10H,5,8,11-12H2,1H3,(H,18,21)(H,19,20). The first-order chi connectivity index (χ1) is 11.9. The topological polar surface area (TPSA) is 92.3 Å². The van der Waals surface area contributed by atoms with E-state index < -0.39 is 9.84 Å². The van der Waals surface area contributed by atoms with Crippen LogP contribution in [0.15, 0.2) is 41.8 Å². The maximum atomic E-state index is 12.1. The summed E-state index contributed by atoms with van der Waals surface area (Å²) in [5.74, 6) is -0.659. The molecule has 0 saturated heterocycles. The molecule has 2 N–H and O–H groups in total. The summed E-state index contributed by atoms with van der Waals surface area (Å²) in [7, 11) is -1.74. The highest BCUT2D eigenvalue weighted by Gasteiger charge is 2.16. The molecule has 0 aliphatic heterocycles. The molecule has 0 unspecified atom stereocenters. The van der Waals surface area contributed by atoms with E-state index in [1.54, 1.807) is 35.7 Å². The van der Waals surface area contributed by atoms with Crippen molar-refractivity contribution < 1.29 is 18.0 Å². The van der Waals surface area contributed by atoms with Gasteiger partial charge in [-0.2, -0.15) is 0 Å². The van der Waals surface area contributed by atoms with Crippen LogP contribution in [-0.4, -0.2) is 33.0 Å². The molecule has 0 radical (unpaired) electrons. The fourth-order valence-corrected chi connectivity index (χ4v) is 4.49. The fourth-order valence-electron chi connectivity index (χ4n) is 2.26. The zero-order valence-electron chi connectivity index (χ0n) is 13.8. The van der Waals surface area contributed by atoms with Gasteiger partial charge in [-0.1, -0.05) is 30.3 Å². The summed E-state index contributed by atoms with van der Waals surface area (Å²) in [6.45, 7) is 0. The van der Waals surface area contributed by atoms with Gasteiger partial charge in [0, 0.05) is 13.5 Å². The number of hydrogen-bond donors (Lipinski definition) is 2. The highest BCUT2D eigenvalue weighted by molar-refractivity contribution is 7.90. The lowest BCUT2D eigenvalue weighted by atomic mass is 10.2. The Kier molecular flexibility index (Phi) is 6.72. The van der Waals surface area contributed by atoms with Crippen LogP contribution in [0.4, 0.5) is 5.00 Å². The lowest BCUT2D eigenvalue weighted by molar-refractivity contribution is -0.116. The molecule has 134 valence electrons. The monoisotopic (exact) mass is 380 g/mol. The molecule has 2 rings (SSSR count). The predicted molar refractivity (Wildman–Crippen MR) is 99.5 cm³/mol. The minimum atomic E-state index is -3.26. The first kappa shape index (κ1) is 19.1. The zero-order chi connectivity index (χ0) is 18.3. The molecule has 8 heteroatoms. The van der Waals surface area contributed by atoms with Gasteiger partial charge in [-0.3, -0.25) is 9.59 Å². The van der Waals surface area contributed by atoms with Gasteiger partial charge in [0.2, 0.25) is 5.91 Å². The van der Waals surface area contributed by atoms with E-state index in [2.05, 4.69) is 10.6 Å². The summed E-state index contributed by atoms with van der Waals surface area (Å²) in [5.41, 5.74) is 1.14. The molecule has 0 spiro atoms. The molecule has 0 bridgehead atoms. The number of hydrogen-bond acceptors (Lipinski definition) is 5. The van der Waals surface area contributed by atoms with Crippen LogP contribution in [0.5, 0.6) is 0 Å². The molecule has 6 nitrogen and oxygen atoms in total. The molecule has 0 saturated carbocycles. The summed E-state index contributed by atoms with van der Waals surface area (Å²) in [6, 6.07) is 10.6. The SMILES string of the molecule is CNC(=O)c1ccsc1NC(=O)CCCS(=O)(=O)Cc1ccccc1. The molecule has 0 fully saturated rings. The molecule has 1 aromatic carbocycles. The largest absolute Gasteiger partial charge is 0.355 e. The van der Waals surface area contributed by atoms with E-state index in [9.17, 15) is 18.0 Å². The summed E-state index contributed by atoms with van der Waals surface area (Å²) in [6.07, 6.45) is 0.320. The number of anilines is 1. The van der Waals surface area contributed by atoms with Crippen LogP contribution in [0.25, 0.3) is 0 Å². The average Bonchev–Trinajstić information content (AvgIpc) is 3.02. The molecular weight excluding hydrogens is 360 g/mol. The first-order valence-electron chi connectivity index (χ1n) is 7.75. The smallest absolute Gasteiger partial charge is 0.254 e. The van der Waals surface area contributed by atoms with Crippen LogP contribution >= 0.6 is 11.3 Å². The molecule has 2 amide bonds. The molecule has 1 heterocycles. The van der Waals surface area contributed by atoms with E-state index >= 15 is 0 Å². The Morgan fingerprint density at radius 3 is 2.52 bits per heavy atom.